The van der Waals surface area contributed by atoms with Crippen molar-refractivity contribution in [2.24, 2.45) is 0 Å². The number of hydrogen-bond donors (Lipinski definition) is 2. The highest BCUT2D eigenvalue weighted by atomic mass is 16.1. The molecule has 1 amide bonds. The van der Waals surface area contributed by atoms with Crippen LogP contribution < -0.4 is 10.6 Å². The van der Waals surface area contributed by atoms with E-state index in [1.165, 1.54) is 12.8 Å². The molecule has 0 aliphatic heterocycles. The molecular weight excluding hydrogens is 276 g/mol. The van der Waals surface area contributed by atoms with Crippen molar-refractivity contribution in [2.45, 2.75) is 38.6 Å². The second-order valence-electron chi connectivity index (χ2n) is 5.66. The Morgan fingerprint density at radius 1 is 1.14 bits per heavy atom. The minimum atomic E-state index is -0.217. The van der Waals surface area contributed by atoms with Crippen LogP contribution >= 0.6 is 0 Å². The molecule has 1 aliphatic carbocycles. The van der Waals surface area contributed by atoms with Crippen LogP contribution in [0, 0.1) is 6.92 Å². The number of anilines is 2. The van der Waals surface area contributed by atoms with Crippen LogP contribution in [-0.2, 0) is 0 Å². The number of carbonyl (C=O) groups is 1. The van der Waals surface area contributed by atoms with E-state index in [4.69, 9.17) is 0 Å². The summed E-state index contributed by atoms with van der Waals surface area (Å²) in [5.41, 5.74) is 1.93. The summed E-state index contributed by atoms with van der Waals surface area (Å²) in [5, 5.41) is 6.19. The summed E-state index contributed by atoms with van der Waals surface area (Å²) in [6.07, 6.45) is 4.77. The zero-order valence-electron chi connectivity index (χ0n) is 12.7. The summed E-state index contributed by atoms with van der Waals surface area (Å²) in [4.78, 5) is 21.1. The van der Waals surface area contributed by atoms with Crippen molar-refractivity contribution in [3.05, 3.63) is 47.8 Å². The molecule has 5 heteroatoms. The van der Waals surface area contributed by atoms with Crippen LogP contribution in [-0.4, -0.2) is 21.9 Å². The molecule has 3 rings (SSSR count). The monoisotopic (exact) mass is 296 g/mol. The minimum Gasteiger partial charge on any atom is -0.351 e. The number of rotatable bonds is 4. The van der Waals surface area contributed by atoms with E-state index in [1.54, 1.807) is 6.07 Å². The van der Waals surface area contributed by atoms with Crippen LogP contribution in [0.25, 0.3) is 0 Å². The van der Waals surface area contributed by atoms with Crippen LogP contribution in [0.2, 0.25) is 0 Å². The Hall–Kier alpha value is -2.43. The van der Waals surface area contributed by atoms with Crippen LogP contribution in [0.4, 0.5) is 11.6 Å². The number of para-hydroxylation sites is 1. The first-order valence-corrected chi connectivity index (χ1v) is 7.69. The van der Waals surface area contributed by atoms with Gasteiger partial charge in [-0.1, -0.05) is 31.0 Å². The average Bonchev–Trinajstić information content (AvgIpc) is 3.00. The molecule has 0 bridgehead atoms. The topological polar surface area (TPSA) is 66.9 Å². The summed E-state index contributed by atoms with van der Waals surface area (Å²) >= 11 is 0. The maximum Gasteiger partial charge on any atom is 0.274 e. The number of nitrogens with one attached hydrogen (secondary N) is 2. The molecule has 1 aromatic carbocycles. The molecule has 114 valence electrons. The van der Waals surface area contributed by atoms with Gasteiger partial charge in [0.15, 0.2) is 0 Å². The molecule has 0 saturated heterocycles. The fraction of sp³-hybridized carbons (Fsp3) is 0.353. The molecule has 22 heavy (non-hydrogen) atoms. The van der Waals surface area contributed by atoms with Crippen molar-refractivity contribution < 1.29 is 4.79 Å². The molecule has 1 fully saturated rings. The van der Waals surface area contributed by atoms with Crippen molar-refractivity contribution in [1.29, 1.82) is 0 Å². The number of amides is 1. The first-order valence-electron chi connectivity index (χ1n) is 7.69. The number of aryl methyl sites for hydroxylation is 1. The third kappa shape index (κ3) is 3.61. The largest absolute Gasteiger partial charge is 0.351 e. The molecule has 1 aromatic heterocycles. The first kappa shape index (κ1) is 14.5. The van der Waals surface area contributed by atoms with Gasteiger partial charge in [-0.05, 0) is 38.0 Å². The lowest BCUT2D eigenvalue weighted by atomic mass is 10.2. The lowest BCUT2D eigenvalue weighted by Crippen LogP contribution is -2.20. The van der Waals surface area contributed by atoms with Gasteiger partial charge in [-0.25, -0.2) is 9.97 Å². The van der Waals surface area contributed by atoms with E-state index in [0.717, 1.165) is 24.2 Å². The second-order valence-corrected chi connectivity index (χ2v) is 5.66. The van der Waals surface area contributed by atoms with Crippen LogP contribution in [0.5, 0.6) is 0 Å². The average molecular weight is 296 g/mol. The highest BCUT2D eigenvalue weighted by Crippen LogP contribution is 2.21. The normalized spacial score (nSPS) is 14.8. The molecule has 1 saturated carbocycles. The Morgan fingerprint density at radius 3 is 2.59 bits per heavy atom. The molecule has 5 nitrogen and oxygen atoms in total. The van der Waals surface area contributed by atoms with Gasteiger partial charge < -0.3 is 10.6 Å². The molecule has 0 radical (unpaired) electrons. The molecule has 0 unspecified atom stereocenters. The zero-order valence-corrected chi connectivity index (χ0v) is 12.7. The predicted octanol–water partition coefficient (Wildman–Crippen LogP) is 3.39. The molecule has 1 aliphatic rings. The Bertz CT molecular complexity index is 651. The number of aromatic nitrogens is 2. The molecular formula is C17H20N4O. The van der Waals surface area contributed by atoms with Crippen molar-refractivity contribution >= 4 is 17.5 Å². The van der Waals surface area contributed by atoms with Gasteiger partial charge in [0.25, 0.3) is 5.91 Å². The fourth-order valence-electron chi connectivity index (χ4n) is 2.72. The Balaban J connectivity index is 1.75. The Kier molecular flexibility index (Phi) is 4.32. The quantitative estimate of drug-likeness (QED) is 0.907. The predicted molar refractivity (Wildman–Crippen MR) is 87.0 cm³/mol. The lowest BCUT2D eigenvalue weighted by Gasteiger charge is -2.13. The Labute approximate surface area is 130 Å². The van der Waals surface area contributed by atoms with Gasteiger partial charge in [0.1, 0.15) is 5.69 Å². The van der Waals surface area contributed by atoms with Crippen molar-refractivity contribution in [3.8, 4) is 0 Å². The highest BCUT2D eigenvalue weighted by molar-refractivity contribution is 6.03. The number of nitrogens with zero attached hydrogens (tertiary/aromatic N) is 2. The smallest absolute Gasteiger partial charge is 0.274 e. The van der Waals surface area contributed by atoms with Gasteiger partial charge in [0, 0.05) is 17.4 Å². The molecule has 0 spiro atoms. The maximum absolute atomic E-state index is 12.3. The minimum absolute atomic E-state index is 0.217. The van der Waals surface area contributed by atoms with E-state index in [-0.39, 0.29) is 5.91 Å². The zero-order chi connectivity index (χ0) is 15.4. The third-order valence-electron chi connectivity index (χ3n) is 3.81. The number of carbonyl (C=O) groups excluding carboxylic acids is 1. The maximum atomic E-state index is 12.3. The lowest BCUT2D eigenvalue weighted by molar-refractivity contribution is 0.102. The van der Waals surface area contributed by atoms with E-state index in [1.807, 2.05) is 37.3 Å². The number of hydrogen-bond acceptors (Lipinski definition) is 4. The van der Waals surface area contributed by atoms with Crippen molar-refractivity contribution in [2.75, 3.05) is 10.6 Å². The van der Waals surface area contributed by atoms with Gasteiger partial charge in [-0.15, -0.1) is 0 Å². The van der Waals surface area contributed by atoms with E-state index >= 15 is 0 Å². The summed E-state index contributed by atoms with van der Waals surface area (Å²) in [6, 6.07) is 11.5. The summed E-state index contributed by atoms with van der Waals surface area (Å²) < 4.78 is 0. The molecule has 0 atom stereocenters. The third-order valence-corrected chi connectivity index (χ3v) is 3.81. The number of benzene rings is 1. The van der Waals surface area contributed by atoms with Gasteiger partial charge in [0.2, 0.25) is 5.95 Å². The van der Waals surface area contributed by atoms with E-state index < -0.39 is 0 Å². The van der Waals surface area contributed by atoms with Crippen LogP contribution in [0.15, 0.2) is 36.4 Å². The van der Waals surface area contributed by atoms with E-state index in [0.29, 0.717) is 17.7 Å². The standard InChI is InChI=1S/C17H20N4O/c1-12-11-15(16(22)19-13-7-3-2-4-8-13)21-17(18-12)20-14-9-5-6-10-14/h2-4,7-8,11,14H,5-6,9-10H2,1H3,(H,19,22)(H,18,20,21). The van der Waals surface area contributed by atoms with Crippen molar-refractivity contribution in [1.82, 2.24) is 9.97 Å². The summed E-state index contributed by atoms with van der Waals surface area (Å²) in [7, 11) is 0. The fourth-order valence-corrected chi connectivity index (χ4v) is 2.72. The first-order chi connectivity index (χ1) is 10.7. The van der Waals surface area contributed by atoms with E-state index in [2.05, 4.69) is 20.6 Å². The molecule has 2 aromatic rings. The summed E-state index contributed by atoms with van der Waals surface area (Å²) in [5.74, 6) is 0.330. The second kappa shape index (κ2) is 6.56. The van der Waals surface area contributed by atoms with Crippen LogP contribution in [0.3, 0.4) is 0 Å². The van der Waals surface area contributed by atoms with Gasteiger partial charge in [0.05, 0.1) is 0 Å². The van der Waals surface area contributed by atoms with Gasteiger partial charge in [-0.2, -0.15) is 0 Å². The van der Waals surface area contributed by atoms with Crippen LogP contribution in [0.1, 0.15) is 41.9 Å². The summed E-state index contributed by atoms with van der Waals surface area (Å²) in [6.45, 7) is 1.88. The molecule has 1 heterocycles. The van der Waals surface area contributed by atoms with Gasteiger partial charge >= 0.3 is 0 Å². The molecule has 2 N–H and O–H groups in total. The SMILES string of the molecule is Cc1cc(C(=O)Nc2ccccc2)nc(NC2CCCC2)n1. The van der Waals surface area contributed by atoms with Gasteiger partial charge in [-0.3, -0.25) is 4.79 Å². The Morgan fingerprint density at radius 2 is 1.86 bits per heavy atom. The van der Waals surface area contributed by atoms with E-state index in [9.17, 15) is 4.79 Å². The van der Waals surface area contributed by atoms with Crippen molar-refractivity contribution in [3.63, 3.8) is 0 Å². The highest BCUT2D eigenvalue weighted by Gasteiger charge is 2.17.